The number of hydrogen-bond acceptors (Lipinski definition) is 9. The third-order valence-electron chi connectivity index (χ3n) is 4.71. The summed E-state index contributed by atoms with van der Waals surface area (Å²) in [5.41, 5.74) is -0.146. The quantitative estimate of drug-likeness (QED) is 0.222. The molecule has 2 N–H and O–H groups in total. The van der Waals surface area contributed by atoms with Gasteiger partial charge in [-0.3, -0.25) is 4.72 Å². The number of ether oxygens (including phenoxy) is 5. The first kappa shape index (κ1) is 30.0. The van der Waals surface area contributed by atoms with E-state index in [2.05, 4.69) is 4.74 Å². The van der Waals surface area contributed by atoms with E-state index in [-0.39, 0.29) is 22.7 Å². The number of rotatable bonds is 12. The van der Waals surface area contributed by atoms with Crippen LogP contribution < -0.4 is 28.4 Å². The van der Waals surface area contributed by atoms with E-state index >= 15 is 0 Å². The fourth-order valence-corrected chi connectivity index (χ4v) is 3.64. The van der Waals surface area contributed by atoms with Gasteiger partial charge in [0.05, 0.1) is 45.1 Å². The molecule has 0 atom stereocenters. The van der Waals surface area contributed by atoms with Gasteiger partial charge in [0, 0.05) is 18.2 Å². The zero-order valence-corrected chi connectivity index (χ0v) is 20.9. The van der Waals surface area contributed by atoms with Crippen molar-refractivity contribution in [1.29, 1.82) is 0 Å². The average Bonchev–Trinajstić information content (AvgIpc) is 2.86. The van der Waals surface area contributed by atoms with Crippen molar-refractivity contribution in [2.24, 2.45) is 0 Å². The second-order valence-corrected chi connectivity index (χ2v) is 8.67. The van der Waals surface area contributed by atoms with Gasteiger partial charge in [-0.25, -0.2) is 18.0 Å². The van der Waals surface area contributed by atoms with Crippen LogP contribution in [0.15, 0.2) is 35.7 Å². The van der Waals surface area contributed by atoms with Crippen LogP contribution in [-0.4, -0.2) is 65.7 Å². The predicted octanol–water partition coefficient (Wildman–Crippen LogP) is 3.39. The van der Waals surface area contributed by atoms with E-state index in [0.717, 1.165) is 25.3 Å². The van der Waals surface area contributed by atoms with Crippen molar-refractivity contribution in [2.45, 2.75) is 11.8 Å². The van der Waals surface area contributed by atoms with Crippen molar-refractivity contribution < 1.29 is 64.4 Å². The number of halogens is 4. The average molecular weight is 567 g/mol. The van der Waals surface area contributed by atoms with Crippen molar-refractivity contribution in [3.8, 4) is 28.7 Å². The Morgan fingerprint density at radius 2 is 1.39 bits per heavy atom. The second kappa shape index (κ2) is 11.5. The van der Waals surface area contributed by atoms with Crippen LogP contribution in [0, 0.1) is 0 Å². The van der Waals surface area contributed by atoms with Gasteiger partial charge in [-0.2, -0.15) is 17.6 Å². The SMILES string of the molecule is COc1cc(OC)c(C=CS(=O)(=O)Nc2ccc(OC)c(OC(=O)C(F)(F)C(F)(F)C(=O)O)c2)c(OC)c1. The molecule has 2 aromatic carbocycles. The fraction of sp³-hybridized carbons (Fsp3) is 0.273. The normalized spacial score (nSPS) is 12.1. The van der Waals surface area contributed by atoms with E-state index in [4.69, 9.17) is 24.1 Å². The molecule has 0 amide bonds. The van der Waals surface area contributed by atoms with E-state index in [1.807, 2.05) is 4.72 Å². The number of alkyl halides is 4. The molecule has 0 aliphatic heterocycles. The molecule has 0 aliphatic carbocycles. The van der Waals surface area contributed by atoms with Crippen LogP contribution in [0.1, 0.15) is 5.56 Å². The molecule has 0 radical (unpaired) electrons. The van der Waals surface area contributed by atoms with Crippen LogP contribution in [-0.2, 0) is 19.6 Å². The van der Waals surface area contributed by atoms with E-state index in [0.29, 0.717) is 17.2 Å². The number of benzene rings is 2. The number of carboxylic acid groups (broad SMARTS) is 1. The highest BCUT2D eigenvalue weighted by Crippen LogP contribution is 2.39. The molecule has 38 heavy (non-hydrogen) atoms. The second-order valence-electron chi connectivity index (χ2n) is 7.10. The number of nitrogens with one attached hydrogen (secondary N) is 1. The van der Waals surface area contributed by atoms with Gasteiger partial charge in [0.1, 0.15) is 17.2 Å². The van der Waals surface area contributed by atoms with Gasteiger partial charge in [-0.15, -0.1) is 0 Å². The molecule has 2 rings (SSSR count). The first-order chi connectivity index (χ1) is 17.6. The molecule has 208 valence electrons. The van der Waals surface area contributed by atoms with E-state index in [1.165, 1.54) is 33.5 Å². The first-order valence-corrected chi connectivity index (χ1v) is 11.6. The summed E-state index contributed by atoms with van der Waals surface area (Å²) in [6.07, 6.45) is 1.12. The molecular weight excluding hydrogens is 546 g/mol. The molecule has 16 heteroatoms. The Bertz CT molecular complexity index is 1320. The molecule has 0 saturated heterocycles. The highest BCUT2D eigenvalue weighted by molar-refractivity contribution is 7.95. The third kappa shape index (κ3) is 6.37. The number of carboxylic acids is 1. The van der Waals surface area contributed by atoms with Gasteiger partial charge in [0.25, 0.3) is 10.0 Å². The Morgan fingerprint density at radius 3 is 1.87 bits per heavy atom. The largest absolute Gasteiger partial charge is 0.496 e. The van der Waals surface area contributed by atoms with E-state index in [1.54, 1.807) is 0 Å². The summed E-state index contributed by atoms with van der Waals surface area (Å²) in [4.78, 5) is 22.2. The number of carbonyl (C=O) groups excluding carboxylic acids is 1. The van der Waals surface area contributed by atoms with E-state index < -0.39 is 45.3 Å². The Morgan fingerprint density at radius 1 is 0.842 bits per heavy atom. The Kier molecular flexibility index (Phi) is 9.05. The Labute approximate surface area is 213 Å². The number of carbonyl (C=O) groups is 2. The topological polar surface area (TPSA) is 147 Å². The number of aliphatic carboxylic acids is 1. The van der Waals surface area contributed by atoms with E-state index in [9.17, 15) is 35.6 Å². The highest BCUT2D eigenvalue weighted by Gasteiger charge is 2.69. The molecule has 0 heterocycles. The van der Waals surface area contributed by atoms with Crippen molar-refractivity contribution in [1.82, 2.24) is 0 Å². The number of anilines is 1. The maximum atomic E-state index is 13.8. The van der Waals surface area contributed by atoms with Crippen LogP contribution >= 0.6 is 0 Å². The minimum absolute atomic E-state index is 0.199. The Balaban J connectivity index is 2.37. The maximum absolute atomic E-state index is 13.8. The van der Waals surface area contributed by atoms with Crippen LogP contribution in [0.5, 0.6) is 28.7 Å². The predicted molar refractivity (Wildman–Crippen MR) is 124 cm³/mol. The molecule has 0 bridgehead atoms. The first-order valence-electron chi connectivity index (χ1n) is 10.0. The van der Waals surface area contributed by atoms with Gasteiger partial charge >= 0.3 is 23.8 Å². The van der Waals surface area contributed by atoms with Crippen molar-refractivity contribution in [2.75, 3.05) is 33.2 Å². The maximum Gasteiger partial charge on any atom is 0.416 e. The van der Waals surface area contributed by atoms with Crippen molar-refractivity contribution >= 4 is 33.7 Å². The molecule has 0 spiro atoms. The van der Waals surface area contributed by atoms with Gasteiger partial charge in [-0.05, 0) is 18.2 Å². The summed E-state index contributed by atoms with van der Waals surface area (Å²) in [5, 5.41) is 9.03. The highest BCUT2D eigenvalue weighted by atomic mass is 32.2. The lowest BCUT2D eigenvalue weighted by Crippen LogP contribution is -2.53. The number of methoxy groups -OCH3 is 4. The van der Waals surface area contributed by atoms with Gasteiger partial charge < -0.3 is 28.8 Å². The monoisotopic (exact) mass is 567 g/mol. The van der Waals surface area contributed by atoms with Crippen LogP contribution in [0.25, 0.3) is 6.08 Å². The fourth-order valence-electron chi connectivity index (χ4n) is 2.80. The van der Waals surface area contributed by atoms with Crippen LogP contribution in [0.3, 0.4) is 0 Å². The Hall–Kier alpha value is -4.21. The van der Waals surface area contributed by atoms with Crippen molar-refractivity contribution in [3.05, 3.63) is 41.3 Å². The van der Waals surface area contributed by atoms with Crippen molar-refractivity contribution in [3.63, 3.8) is 0 Å². The standard InChI is InChI=1S/C22H21F4NO10S/c1-33-13-10-16(35-3)14(17(11-13)36-4)7-8-38(31,32)27-12-5-6-15(34-2)18(9-12)37-20(30)22(25,26)21(23,24)19(28)29/h5-11,27H,1-4H3,(H,28,29). The molecule has 0 aliphatic rings. The summed E-state index contributed by atoms with van der Waals surface area (Å²) in [7, 11) is 0.742. The van der Waals surface area contributed by atoms with Gasteiger partial charge in [0.15, 0.2) is 11.5 Å². The molecule has 0 saturated carbocycles. The van der Waals surface area contributed by atoms with Gasteiger partial charge in [0.2, 0.25) is 0 Å². The zero-order chi connectivity index (χ0) is 28.9. The molecule has 0 aromatic heterocycles. The summed E-state index contributed by atoms with van der Waals surface area (Å²) in [6.45, 7) is 0. The minimum atomic E-state index is -5.79. The summed E-state index contributed by atoms with van der Waals surface area (Å²) >= 11 is 0. The number of sulfonamides is 1. The lowest BCUT2D eigenvalue weighted by atomic mass is 10.1. The molecular formula is C22H21F4NO10S. The smallest absolute Gasteiger partial charge is 0.416 e. The lowest BCUT2D eigenvalue weighted by molar-refractivity contribution is -0.229. The zero-order valence-electron chi connectivity index (χ0n) is 20.1. The molecule has 11 nitrogen and oxygen atoms in total. The lowest BCUT2D eigenvalue weighted by Gasteiger charge is -2.21. The van der Waals surface area contributed by atoms with Crippen LogP contribution in [0.4, 0.5) is 23.2 Å². The number of esters is 1. The summed E-state index contributed by atoms with van der Waals surface area (Å²) in [6, 6.07) is 5.69. The number of hydrogen-bond donors (Lipinski definition) is 2. The third-order valence-corrected chi connectivity index (χ3v) is 5.73. The molecule has 0 fully saturated rings. The molecule has 2 aromatic rings. The summed E-state index contributed by atoms with van der Waals surface area (Å²) in [5.74, 6) is -18.3. The van der Waals surface area contributed by atoms with Crippen LogP contribution in [0.2, 0.25) is 0 Å². The summed E-state index contributed by atoms with van der Waals surface area (Å²) < 4.78 is 106. The molecule has 0 unspecified atom stereocenters. The van der Waals surface area contributed by atoms with Gasteiger partial charge in [-0.1, -0.05) is 0 Å². The minimum Gasteiger partial charge on any atom is -0.496 e.